The molecule has 10 heteroatoms. The van der Waals surface area contributed by atoms with Crippen molar-refractivity contribution >= 4 is 35.0 Å². The van der Waals surface area contributed by atoms with Crippen molar-refractivity contribution in [1.29, 1.82) is 0 Å². The number of nitrogen functional groups attached to an aromatic ring is 1. The van der Waals surface area contributed by atoms with Crippen LogP contribution in [0.25, 0.3) is 11.1 Å². The van der Waals surface area contributed by atoms with Crippen molar-refractivity contribution in [2.45, 2.75) is 62.2 Å². The van der Waals surface area contributed by atoms with Gasteiger partial charge in [0, 0.05) is 42.0 Å². The number of aliphatic hydroxyl groups excluding tert-OH is 1. The number of thioether (sulfide) groups is 1. The number of anilines is 2. The molecule has 3 unspecified atom stereocenters. The van der Waals surface area contributed by atoms with Gasteiger partial charge in [-0.05, 0) is 64.6 Å². The van der Waals surface area contributed by atoms with Gasteiger partial charge in [0.1, 0.15) is 5.75 Å². The molecule has 0 saturated carbocycles. The van der Waals surface area contributed by atoms with Crippen LogP contribution in [0, 0.1) is 0 Å². The second-order valence-corrected chi connectivity index (χ2v) is 14.0. The lowest BCUT2D eigenvalue weighted by atomic mass is 9.99. The smallest absolute Gasteiger partial charge is 0.224 e. The van der Waals surface area contributed by atoms with E-state index in [1.807, 2.05) is 78.9 Å². The van der Waals surface area contributed by atoms with E-state index in [1.165, 1.54) is 0 Å². The topological polar surface area (TPSA) is 132 Å². The minimum absolute atomic E-state index is 0.00635. The molecule has 0 spiro atoms. The number of nitrogens with one attached hydrogen (secondary N) is 2. The van der Waals surface area contributed by atoms with Crippen LogP contribution < -0.4 is 21.1 Å². The summed E-state index contributed by atoms with van der Waals surface area (Å²) in [6.07, 6.45) is 0.781. The Morgan fingerprint density at radius 1 is 0.811 bits per heavy atom. The third-order valence-corrected chi connectivity index (χ3v) is 10.3. The number of hydrogen-bond donors (Lipinski definition) is 4. The summed E-state index contributed by atoms with van der Waals surface area (Å²) in [6.45, 7) is 0.379. The Morgan fingerprint density at radius 3 is 2.32 bits per heavy atom. The van der Waals surface area contributed by atoms with Gasteiger partial charge >= 0.3 is 0 Å². The highest BCUT2D eigenvalue weighted by molar-refractivity contribution is 7.99. The van der Waals surface area contributed by atoms with Gasteiger partial charge < -0.3 is 35.7 Å². The molecule has 0 bridgehead atoms. The molecule has 1 aliphatic rings. The van der Waals surface area contributed by atoms with Crippen LogP contribution in [0.1, 0.15) is 60.3 Å². The summed E-state index contributed by atoms with van der Waals surface area (Å²) in [5.74, 6) is 1.28. The standard InChI is InChI=1S/C43H45N3O6S/c1-50-38-12-4-5-13-40(38)53-28-35-25-39(32-18-16-29(27-47)17-19-32)52-43(51-35)33-22-20-31(21-23-33)34-9-6-8-30(24-34)26-45-41(48)14-7-15-42(49)46-37-11-3-2-10-36(37)44/h2-6,8-13,16-24,35,39,43,47H,7,14-15,25-28,44H2,1H3,(H,45,48)(H,46,49). The van der Waals surface area contributed by atoms with Gasteiger partial charge in [0.25, 0.3) is 0 Å². The Labute approximate surface area is 314 Å². The van der Waals surface area contributed by atoms with Crippen molar-refractivity contribution in [3.63, 3.8) is 0 Å². The summed E-state index contributed by atoms with van der Waals surface area (Å²) in [4.78, 5) is 25.9. The van der Waals surface area contributed by atoms with Crippen LogP contribution in [0.5, 0.6) is 5.75 Å². The van der Waals surface area contributed by atoms with Crippen molar-refractivity contribution in [3.8, 4) is 16.9 Å². The number of hydrogen-bond acceptors (Lipinski definition) is 8. The van der Waals surface area contributed by atoms with Crippen LogP contribution in [0.15, 0.2) is 126 Å². The quantitative estimate of drug-likeness (QED) is 0.0626. The predicted octanol–water partition coefficient (Wildman–Crippen LogP) is 8.20. The zero-order chi connectivity index (χ0) is 37.0. The highest BCUT2D eigenvalue weighted by Crippen LogP contribution is 2.41. The normalized spacial score (nSPS) is 16.8. The molecule has 5 aromatic carbocycles. The fourth-order valence-electron chi connectivity index (χ4n) is 6.16. The van der Waals surface area contributed by atoms with Crippen molar-refractivity contribution in [2.75, 3.05) is 23.9 Å². The maximum absolute atomic E-state index is 12.6. The number of amides is 2. The van der Waals surface area contributed by atoms with Crippen molar-refractivity contribution in [3.05, 3.63) is 144 Å². The Hall–Kier alpha value is -5.13. The lowest BCUT2D eigenvalue weighted by molar-refractivity contribution is -0.245. The average molecular weight is 732 g/mol. The van der Waals surface area contributed by atoms with Gasteiger partial charge in [0.2, 0.25) is 11.8 Å². The maximum atomic E-state index is 12.6. The predicted molar refractivity (Wildman–Crippen MR) is 209 cm³/mol. The van der Waals surface area contributed by atoms with E-state index < -0.39 is 6.29 Å². The number of para-hydroxylation sites is 3. The molecule has 9 nitrogen and oxygen atoms in total. The Bertz CT molecular complexity index is 1970. The van der Waals surface area contributed by atoms with Gasteiger partial charge in [-0.1, -0.05) is 91.0 Å². The zero-order valence-electron chi connectivity index (χ0n) is 29.7. The highest BCUT2D eigenvalue weighted by Gasteiger charge is 2.32. The summed E-state index contributed by atoms with van der Waals surface area (Å²) in [7, 11) is 1.68. The minimum Gasteiger partial charge on any atom is -0.496 e. The van der Waals surface area contributed by atoms with Crippen molar-refractivity contribution in [1.82, 2.24) is 5.32 Å². The average Bonchev–Trinajstić information content (AvgIpc) is 3.20. The first-order valence-electron chi connectivity index (χ1n) is 17.7. The number of methoxy groups -OCH3 is 1. The summed E-state index contributed by atoms with van der Waals surface area (Å²) >= 11 is 1.71. The lowest BCUT2D eigenvalue weighted by Gasteiger charge is -2.36. The van der Waals surface area contributed by atoms with E-state index in [2.05, 4.69) is 34.9 Å². The molecule has 6 rings (SSSR count). The fourth-order valence-corrected chi connectivity index (χ4v) is 7.21. The molecule has 53 heavy (non-hydrogen) atoms. The largest absolute Gasteiger partial charge is 0.496 e. The molecule has 1 saturated heterocycles. The number of carbonyl (C=O) groups is 2. The summed E-state index contributed by atoms with van der Waals surface area (Å²) in [5, 5.41) is 15.3. The van der Waals surface area contributed by atoms with Crippen LogP contribution >= 0.6 is 11.8 Å². The fraction of sp³-hybridized carbons (Fsp3) is 0.256. The van der Waals surface area contributed by atoms with Crippen molar-refractivity contribution < 1.29 is 28.9 Å². The number of aliphatic hydroxyl groups is 1. The molecule has 3 atom stereocenters. The van der Waals surface area contributed by atoms with Crippen LogP contribution in [0.3, 0.4) is 0 Å². The number of nitrogens with two attached hydrogens (primary N) is 1. The first-order chi connectivity index (χ1) is 25.9. The molecule has 0 aliphatic carbocycles. The monoisotopic (exact) mass is 731 g/mol. The number of ether oxygens (including phenoxy) is 3. The Balaban J connectivity index is 1.05. The van der Waals surface area contributed by atoms with Gasteiger partial charge in [-0.15, -0.1) is 11.8 Å². The van der Waals surface area contributed by atoms with Crippen LogP contribution in [-0.4, -0.2) is 35.9 Å². The van der Waals surface area contributed by atoms with E-state index in [-0.39, 0.29) is 43.5 Å². The van der Waals surface area contributed by atoms with Crippen LogP contribution in [0.4, 0.5) is 11.4 Å². The van der Waals surface area contributed by atoms with Crippen LogP contribution in [0.2, 0.25) is 0 Å². The van der Waals surface area contributed by atoms with Gasteiger partial charge in [-0.3, -0.25) is 9.59 Å². The molecule has 5 N–H and O–H groups in total. The number of rotatable bonds is 15. The van der Waals surface area contributed by atoms with Crippen LogP contribution in [-0.2, 0) is 32.2 Å². The second-order valence-electron chi connectivity index (χ2n) is 12.9. The third-order valence-electron chi connectivity index (χ3n) is 9.08. The van der Waals surface area contributed by atoms with E-state index in [0.29, 0.717) is 30.8 Å². The van der Waals surface area contributed by atoms with E-state index >= 15 is 0 Å². The van der Waals surface area contributed by atoms with Gasteiger partial charge in [-0.25, -0.2) is 0 Å². The molecular weight excluding hydrogens is 687 g/mol. The molecule has 2 amide bonds. The number of benzene rings is 5. The zero-order valence-corrected chi connectivity index (χ0v) is 30.5. The first-order valence-corrected chi connectivity index (χ1v) is 18.7. The molecule has 1 fully saturated rings. The minimum atomic E-state index is -0.562. The summed E-state index contributed by atoms with van der Waals surface area (Å²) in [6, 6.07) is 39.3. The van der Waals surface area contributed by atoms with Gasteiger partial charge in [0.15, 0.2) is 6.29 Å². The Morgan fingerprint density at radius 2 is 1.55 bits per heavy atom. The molecule has 0 aromatic heterocycles. The molecule has 0 radical (unpaired) electrons. The SMILES string of the molecule is COc1ccccc1SCC1CC(c2ccc(CO)cc2)OC(c2ccc(-c3cccc(CNC(=O)CCCC(=O)Nc4ccccc4N)c3)cc2)O1. The summed E-state index contributed by atoms with van der Waals surface area (Å²) in [5.41, 5.74) is 12.8. The van der Waals surface area contributed by atoms with E-state index in [9.17, 15) is 14.7 Å². The molecule has 1 aliphatic heterocycles. The lowest BCUT2D eigenvalue weighted by Crippen LogP contribution is -2.31. The Kier molecular flexibility index (Phi) is 13.2. The van der Waals surface area contributed by atoms with Gasteiger partial charge in [0.05, 0.1) is 37.3 Å². The first kappa shape index (κ1) is 37.6. The summed E-state index contributed by atoms with van der Waals surface area (Å²) < 4.78 is 18.7. The number of carbonyl (C=O) groups excluding carboxylic acids is 2. The molecular formula is C43H45N3O6S. The maximum Gasteiger partial charge on any atom is 0.224 e. The van der Waals surface area contributed by atoms with Gasteiger partial charge in [-0.2, -0.15) is 0 Å². The third kappa shape index (κ3) is 10.5. The molecule has 5 aromatic rings. The van der Waals surface area contributed by atoms with Crippen molar-refractivity contribution in [2.24, 2.45) is 0 Å². The molecule has 1 heterocycles. The van der Waals surface area contributed by atoms with E-state index in [1.54, 1.807) is 37.1 Å². The highest BCUT2D eigenvalue weighted by atomic mass is 32.2. The van der Waals surface area contributed by atoms with E-state index in [0.717, 1.165) is 49.8 Å². The van der Waals surface area contributed by atoms with E-state index in [4.69, 9.17) is 19.9 Å². The second kappa shape index (κ2) is 18.6. The molecule has 274 valence electrons.